The normalized spacial score (nSPS) is 23.9. The molecule has 4 nitrogen and oxygen atoms in total. The molecule has 0 aromatic heterocycles. The van der Waals surface area contributed by atoms with Gasteiger partial charge >= 0.3 is 5.97 Å². The van der Waals surface area contributed by atoms with Crippen LogP contribution in [0, 0.1) is 0 Å². The van der Waals surface area contributed by atoms with Crippen LogP contribution in [0.1, 0.15) is 49.8 Å². The van der Waals surface area contributed by atoms with Crippen molar-refractivity contribution in [2.75, 3.05) is 6.61 Å². The lowest BCUT2D eigenvalue weighted by molar-refractivity contribution is -0.186. The molecule has 20 heavy (non-hydrogen) atoms. The Morgan fingerprint density at radius 1 is 1.30 bits per heavy atom. The third-order valence-electron chi connectivity index (χ3n) is 3.87. The monoisotopic (exact) mass is 276 g/mol. The first-order valence-electron chi connectivity index (χ1n) is 7.33. The number of aryl methyl sites for hydroxylation is 1. The average Bonchev–Trinajstić information content (AvgIpc) is 2.47. The molecule has 1 aromatic rings. The predicted octanol–water partition coefficient (Wildman–Crippen LogP) is 3.14. The van der Waals surface area contributed by atoms with E-state index in [0.29, 0.717) is 12.2 Å². The van der Waals surface area contributed by atoms with Crippen LogP contribution in [-0.2, 0) is 20.7 Å². The summed E-state index contributed by atoms with van der Waals surface area (Å²) in [6.07, 6.45) is 4.35. The first kappa shape index (κ1) is 13.6. The minimum atomic E-state index is -0.148. The summed E-state index contributed by atoms with van der Waals surface area (Å²) >= 11 is 0. The summed E-state index contributed by atoms with van der Waals surface area (Å²) in [4.78, 5) is 11.2. The number of ether oxygens (including phenoxy) is 3. The standard InChI is InChI=1S/C16H20O4/c1-11(19-16-4-2-3-9-18-16)12-5-7-14-13(10-12)6-8-15(17)20-14/h5,7,10-11,16H,2-4,6,8-9H2,1H3. The van der Waals surface area contributed by atoms with Gasteiger partial charge in [0.2, 0.25) is 0 Å². The highest BCUT2D eigenvalue weighted by molar-refractivity contribution is 5.75. The zero-order valence-corrected chi connectivity index (χ0v) is 11.8. The van der Waals surface area contributed by atoms with Crippen LogP contribution in [0.15, 0.2) is 18.2 Å². The fourth-order valence-corrected chi connectivity index (χ4v) is 2.68. The van der Waals surface area contributed by atoms with Gasteiger partial charge in [0.15, 0.2) is 6.29 Å². The smallest absolute Gasteiger partial charge is 0.311 e. The fraction of sp³-hybridized carbons (Fsp3) is 0.562. The molecule has 4 heteroatoms. The van der Waals surface area contributed by atoms with E-state index in [9.17, 15) is 4.79 Å². The van der Waals surface area contributed by atoms with Crippen molar-refractivity contribution in [3.63, 3.8) is 0 Å². The van der Waals surface area contributed by atoms with E-state index in [-0.39, 0.29) is 18.4 Å². The van der Waals surface area contributed by atoms with Crippen molar-refractivity contribution in [1.82, 2.24) is 0 Å². The van der Waals surface area contributed by atoms with Crippen LogP contribution in [0.5, 0.6) is 5.75 Å². The molecule has 1 aromatic carbocycles. The van der Waals surface area contributed by atoms with E-state index in [1.54, 1.807) is 0 Å². The fourth-order valence-electron chi connectivity index (χ4n) is 2.68. The van der Waals surface area contributed by atoms with Crippen molar-refractivity contribution in [2.24, 2.45) is 0 Å². The van der Waals surface area contributed by atoms with Gasteiger partial charge in [-0.05, 0) is 55.9 Å². The number of hydrogen-bond donors (Lipinski definition) is 0. The highest BCUT2D eigenvalue weighted by Gasteiger charge is 2.21. The Kier molecular flexibility index (Phi) is 4.03. The van der Waals surface area contributed by atoms with Gasteiger partial charge in [0.1, 0.15) is 5.75 Å². The van der Waals surface area contributed by atoms with Gasteiger partial charge in [0.25, 0.3) is 0 Å². The molecule has 0 aliphatic carbocycles. The van der Waals surface area contributed by atoms with Crippen molar-refractivity contribution < 1.29 is 19.0 Å². The minimum absolute atomic E-state index is 0.0129. The lowest BCUT2D eigenvalue weighted by Gasteiger charge is -2.26. The van der Waals surface area contributed by atoms with E-state index >= 15 is 0 Å². The van der Waals surface area contributed by atoms with Gasteiger partial charge in [-0.3, -0.25) is 4.79 Å². The lowest BCUT2D eigenvalue weighted by atomic mass is 10.0. The molecule has 0 N–H and O–H groups in total. The summed E-state index contributed by atoms with van der Waals surface area (Å²) in [6, 6.07) is 5.91. The van der Waals surface area contributed by atoms with Crippen LogP contribution in [0.25, 0.3) is 0 Å². The number of hydrogen-bond acceptors (Lipinski definition) is 4. The zero-order valence-electron chi connectivity index (χ0n) is 11.8. The Morgan fingerprint density at radius 3 is 3.00 bits per heavy atom. The largest absolute Gasteiger partial charge is 0.426 e. The van der Waals surface area contributed by atoms with Crippen molar-refractivity contribution in [3.8, 4) is 5.75 Å². The topological polar surface area (TPSA) is 44.8 Å². The van der Waals surface area contributed by atoms with E-state index in [1.165, 1.54) is 0 Å². The Hall–Kier alpha value is -1.39. The molecule has 2 heterocycles. The first-order valence-corrected chi connectivity index (χ1v) is 7.33. The number of esters is 1. The molecule has 2 aliphatic heterocycles. The van der Waals surface area contributed by atoms with Crippen LogP contribution >= 0.6 is 0 Å². The second-order valence-corrected chi connectivity index (χ2v) is 5.42. The maximum atomic E-state index is 11.2. The second kappa shape index (κ2) is 5.94. The van der Waals surface area contributed by atoms with Crippen LogP contribution < -0.4 is 4.74 Å². The van der Waals surface area contributed by atoms with Gasteiger partial charge in [0.05, 0.1) is 12.5 Å². The molecule has 0 saturated carbocycles. The molecular weight excluding hydrogens is 256 g/mol. The maximum absolute atomic E-state index is 11.2. The van der Waals surface area contributed by atoms with Gasteiger partial charge in [-0.1, -0.05) is 6.07 Å². The Labute approximate surface area is 119 Å². The Morgan fingerprint density at radius 2 is 2.20 bits per heavy atom. The second-order valence-electron chi connectivity index (χ2n) is 5.42. The third kappa shape index (κ3) is 3.02. The molecule has 108 valence electrons. The molecule has 1 saturated heterocycles. The van der Waals surface area contributed by atoms with Crippen LogP contribution in [0.3, 0.4) is 0 Å². The number of carbonyl (C=O) groups is 1. The quantitative estimate of drug-likeness (QED) is 0.628. The highest BCUT2D eigenvalue weighted by Crippen LogP contribution is 2.30. The summed E-state index contributed by atoms with van der Waals surface area (Å²) in [6.45, 7) is 2.83. The third-order valence-corrected chi connectivity index (χ3v) is 3.87. The number of fused-ring (bicyclic) bond motifs is 1. The van der Waals surface area contributed by atoms with Crippen LogP contribution in [0.2, 0.25) is 0 Å². The summed E-state index contributed by atoms with van der Waals surface area (Å²) in [5.74, 6) is 0.538. The van der Waals surface area contributed by atoms with E-state index < -0.39 is 0 Å². The summed E-state index contributed by atoms with van der Waals surface area (Å²) < 4.78 is 16.8. The molecule has 2 atom stereocenters. The molecule has 0 radical (unpaired) electrons. The van der Waals surface area contributed by atoms with E-state index in [2.05, 4.69) is 6.07 Å². The maximum Gasteiger partial charge on any atom is 0.311 e. The van der Waals surface area contributed by atoms with Gasteiger partial charge in [0, 0.05) is 6.61 Å². The van der Waals surface area contributed by atoms with Gasteiger partial charge < -0.3 is 14.2 Å². The van der Waals surface area contributed by atoms with E-state index in [4.69, 9.17) is 14.2 Å². The molecular formula is C16H20O4. The summed E-state index contributed by atoms with van der Waals surface area (Å²) in [7, 11) is 0. The average molecular weight is 276 g/mol. The number of rotatable bonds is 3. The lowest BCUT2D eigenvalue weighted by Crippen LogP contribution is -2.23. The predicted molar refractivity (Wildman–Crippen MR) is 73.5 cm³/mol. The van der Waals surface area contributed by atoms with Crippen molar-refractivity contribution >= 4 is 5.97 Å². The van der Waals surface area contributed by atoms with Crippen molar-refractivity contribution in [3.05, 3.63) is 29.3 Å². The van der Waals surface area contributed by atoms with Gasteiger partial charge in [-0.15, -0.1) is 0 Å². The number of benzene rings is 1. The van der Waals surface area contributed by atoms with Crippen molar-refractivity contribution in [1.29, 1.82) is 0 Å². The first-order chi connectivity index (χ1) is 9.72. The zero-order chi connectivity index (χ0) is 13.9. The number of carbonyl (C=O) groups excluding carboxylic acids is 1. The minimum Gasteiger partial charge on any atom is -0.426 e. The molecule has 2 aliphatic rings. The molecule has 3 rings (SSSR count). The van der Waals surface area contributed by atoms with Crippen molar-refractivity contribution in [2.45, 2.75) is 51.4 Å². The molecule has 0 amide bonds. The van der Waals surface area contributed by atoms with Gasteiger partial charge in [-0.25, -0.2) is 0 Å². The molecule has 1 fully saturated rings. The molecule has 2 unspecified atom stereocenters. The highest BCUT2D eigenvalue weighted by atomic mass is 16.7. The summed E-state index contributed by atoms with van der Waals surface area (Å²) in [5, 5.41) is 0. The Bertz CT molecular complexity index is 491. The molecule has 0 bridgehead atoms. The van der Waals surface area contributed by atoms with Crippen LogP contribution in [0.4, 0.5) is 0 Å². The van der Waals surface area contributed by atoms with Crippen LogP contribution in [-0.4, -0.2) is 18.9 Å². The van der Waals surface area contributed by atoms with E-state index in [1.807, 2.05) is 19.1 Å². The molecule has 0 spiro atoms. The summed E-state index contributed by atoms with van der Waals surface area (Å²) in [5.41, 5.74) is 2.19. The SMILES string of the molecule is CC(OC1CCCCO1)c1ccc2c(c1)CCC(=O)O2. The Balaban J connectivity index is 1.68. The van der Waals surface area contributed by atoms with Gasteiger partial charge in [-0.2, -0.15) is 0 Å². The van der Waals surface area contributed by atoms with E-state index in [0.717, 1.165) is 43.4 Å².